The second-order valence-corrected chi connectivity index (χ2v) is 4.36. The maximum Gasteiger partial charge on any atom is 0.308 e. The van der Waals surface area contributed by atoms with Crippen LogP contribution in [0.3, 0.4) is 0 Å². The minimum atomic E-state index is -1.37. The Morgan fingerprint density at radius 3 is 2.38 bits per heavy atom. The third-order valence-corrected chi connectivity index (χ3v) is 2.77. The summed E-state index contributed by atoms with van der Waals surface area (Å²) in [5.41, 5.74) is -0.469. The van der Waals surface area contributed by atoms with E-state index in [2.05, 4.69) is 5.32 Å². The van der Waals surface area contributed by atoms with Crippen LogP contribution in [0.1, 0.15) is 15.9 Å². The van der Waals surface area contributed by atoms with Crippen molar-refractivity contribution in [3.8, 4) is 0 Å². The number of nitro groups is 1. The summed E-state index contributed by atoms with van der Waals surface area (Å²) in [4.78, 5) is 21.4. The summed E-state index contributed by atoms with van der Waals surface area (Å²) in [7, 11) is 0. The van der Waals surface area contributed by atoms with E-state index in [4.69, 9.17) is 0 Å². The van der Waals surface area contributed by atoms with Crippen LogP contribution in [0.4, 0.5) is 20.2 Å². The van der Waals surface area contributed by atoms with E-state index in [1.165, 1.54) is 0 Å². The van der Waals surface area contributed by atoms with Crippen molar-refractivity contribution in [3.05, 3.63) is 69.3 Å². The molecule has 0 aliphatic heterocycles. The Hall–Kier alpha value is -2.83. The maximum absolute atomic E-state index is 13.9. The first-order chi connectivity index (χ1) is 9.88. The van der Waals surface area contributed by atoms with Crippen LogP contribution in [0.5, 0.6) is 0 Å². The molecule has 0 aromatic heterocycles. The van der Waals surface area contributed by atoms with Gasteiger partial charge in [0.1, 0.15) is 5.82 Å². The number of rotatable bonds is 3. The van der Waals surface area contributed by atoms with Crippen LogP contribution in [0.25, 0.3) is 0 Å². The maximum atomic E-state index is 13.9. The van der Waals surface area contributed by atoms with Gasteiger partial charge in [-0.05, 0) is 25.1 Å². The number of carbonyl (C=O) groups is 1. The molecular formula is C14H10F2N2O3. The van der Waals surface area contributed by atoms with E-state index in [0.717, 1.165) is 5.56 Å². The number of aryl methyl sites for hydroxylation is 1. The zero-order valence-electron chi connectivity index (χ0n) is 10.9. The van der Waals surface area contributed by atoms with Crippen molar-refractivity contribution in [1.82, 2.24) is 0 Å². The number of carbonyl (C=O) groups excluding carboxylic acids is 1. The molecule has 0 fully saturated rings. The normalized spacial score (nSPS) is 10.2. The first-order valence-corrected chi connectivity index (χ1v) is 5.90. The fraction of sp³-hybridized carbons (Fsp3) is 0.0714. The fourth-order valence-corrected chi connectivity index (χ4v) is 1.71. The predicted octanol–water partition coefficient (Wildman–Crippen LogP) is 3.43. The highest BCUT2D eigenvalue weighted by Crippen LogP contribution is 2.23. The van der Waals surface area contributed by atoms with Gasteiger partial charge in [-0.2, -0.15) is 4.39 Å². The van der Waals surface area contributed by atoms with Crippen molar-refractivity contribution in [3.63, 3.8) is 0 Å². The van der Waals surface area contributed by atoms with Crippen molar-refractivity contribution in [2.75, 3.05) is 5.32 Å². The molecule has 2 rings (SSSR count). The predicted molar refractivity (Wildman–Crippen MR) is 72.1 cm³/mol. The van der Waals surface area contributed by atoms with E-state index in [9.17, 15) is 23.7 Å². The molecule has 0 radical (unpaired) electrons. The molecule has 0 bridgehead atoms. The minimum Gasteiger partial charge on any atom is -0.322 e. The number of halogens is 2. The molecule has 2 aromatic rings. The first-order valence-electron chi connectivity index (χ1n) is 5.90. The standard InChI is InChI=1S/C14H10F2N2O3/c1-8-2-4-10(5-3-8)17-14(19)11-6-9(15)7-12(13(11)16)18(20)21/h2-7H,1H3,(H,17,19). The van der Waals surface area contributed by atoms with E-state index in [-0.39, 0.29) is 0 Å². The van der Waals surface area contributed by atoms with Gasteiger partial charge in [-0.1, -0.05) is 17.7 Å². The van der Waals surface area contributed by atoms with Crippen LogP contribution in [0.15, 0.2) is 36.4 Å². The second kappa shape index (κ2) is 5.66. The lowest BCUT2D eigenvalue weighted by Crippen LogP contribution is -2.15. The zero-order valence-corrected chi connectivity index (χ0v) is 10.9. The van der Waals surface area contributed by atoms with Crippen LogP contribution in [0, 0.1) is 28.7 Å². The van der Waals surface area contributed by atoms with Gasteiger partial charge in [-0.15, -0.1) is 0 Å². The molecule has 2 aromatic carbocycles. The van der Waals surface area contributed by atoms with Crippen molar-refractivity contribution in [2.45, 2.75) is 6.92 Å². The lowest BCUT2D eigenvalue weighted by molar-refractivity contribution is -0.387. The highest BCUT2D eigenvalue weighted by Gasteiger charge is 2.24. The molecule has 7 heteroatoms. The molecule has 0 aliphatic carbocycles. The number of anilines is 1. The summed E-state index contributed by atoms with van der Waals surface area (Å²) < 4.78 is 27.1. The van der Waals surface area contributed by atoms with Gasteiger partial charge >= 0.3 is 5.69 Å². The summed E-state index contributed by atoms with van der Waals surface area (Å²) in [6.07, 6.45) is 0. The molecule has 0 unspecified atom stereocenters. The van der Waals surface area contributed by atoms with Gasteiger partial charge in [0.05, 0.1) is 16.6 Å². The van der Waals surface area contributed by atoms with Crippen LogP contribution in [0.2, 0.25) is 0 Å². The summed E-state index contributed by atoms with van der Waals surface area (Å²) in [6, 6.07) is 7.65. The molecule has 5 nitrogen and oxygen atoms in total. The minimum absolute atomic E-state index is 0.372. The van der Waals surface area contributed by atoms with E-state index < -0.39 is 33.7 Å². The highest BCUT2D eigenvalue weighted by atomic mass is 19.1. The first kappa shape index (κ1) is 14.6. The summed E-state index contributed by atoms with van der Waals surface area (Å²) in [5, 5.41) is 13.0. The molecular weight excluding hydrogens is 282 g/mol. The molecule has 0 spiro atoms. The molecule has 0 atom stereocenters. The molecule has 0 saturated heterocycles. The van der Waals surface area contributed by atoms with Gasteiger partial charge in [0.15, 0.2) is 0 Å². The van der Waals surface area contributed by atoms with E-state index in [0.29, 0.717) is 17.8 Å². The lowest BCUT2D eigenvalue weighted by atomic mass is 10.1. The largest absolute Gasteiger partial charge is 0.322 e. The van der Waals surface area contributed by atoms with Gasteiger partial charge < -0.3 is 5.32 Å². The van der Waals surface area contributed by atoms with Gasteiger partial charge in [-0.3, -0.25) is 14.9 Å². The Morgan fingerprint density at radius 1 is 1.19 bits per heavy atom. The number of nitro benzene ring substituents is 1. The zero-order chi connectivity index (χ0) is 15.6. The fourth-order valence-electron chi connectivity index (χ4n) is 1.71. The molecule has 108 valence electrons. The van der Waals surface area contributed by atoms with E-state index in [1.54, 1.807) is 24.3 Å². The Morgan fingerprint density at radius 2 is 1.81 bits per heavy atom. The van der Waals surface area contributed by atoms with E-state index in [1.807, 2.05) is 6.92 Å². The molecule has 0 saturated carbocycles. The molecule has 0 heterocycles. The van der Waals surface area contributed by atoms with Crippen molar-refractivity contribution in [2.24, 2.45) is 0 Å². The van der Waals surface area contributed by atoms with Crippen LogP contribution in [-0.2, 0) is 0 Å². The highest BCUT2D eigenvalue weighted by molar-refractivity contribution is 6.04. The van der Waals surface area contributed by atoms with Crippen LogP contribution >= 0.6 is 0 Å². The quantitative estimate of drug-likeness (QED) is 0.695. The summed E-state index contributed by atoms with van der Waals surface area (Å²) >= 11 is 0. The number of nitrogens with zero attached hydrogens (tertiary/aromatic N) is 1. The Bertz CT molecular complexity index is 715. The van der Waals surface area contributed by atoms with Crippen molar-refractivity contribution < 1.29 is 18.5 Å². The summed E-state index contributed by atoms with van der Waals surface area (Å²) in [5.74, 6) is -3.39. The second-order valence-electron chi connectivity index (χ2n) is 4.36. The summed E-state index contributed by atoms with van der Waals surface area (Å²) in [6.45, 7) is 1.85. The van der Waals surface area contributed by atoms with Gasteiger partial charge in [0.25, 0.3) is 5.91 Å². The number of nitrogens with one attached hydrogen (secondary N) is 1. The average Bonchev–Trinajstić information content (AvgIpc) is 2.43. The lowest BCUT2D eigenvalue weighted by Gasteiger charge is -2.07. The number of amides is 1. The van der Waals surface area contributed by atoms with Crippen molar-refractivity contribution >= 4 is 17.3 Å². The van der Waals surface area contributed by atoms with Gasteiger partial charge in [-0.25, -0.2) is 4.39 Å². The number of hydrogen-bond acceptors (Lipinski definition) is 3. The monoisotopic (exact) mass is 292 g/mol. The number of benzene rings is 2. The Kier molecular flexibility index (Phi) is 3.93. The SMILES string of the molecule is Cc1ccc(NC(=O)c2cc(F)cc([N+](=O)[O-])c2F)cc1. The smallest absolute Gasteiger partial charge is 0.308 e. The Balaban J connectivity index is 2.35. The molecule has 1 amide bonds. The van der Waals surface area contributed by atoms with Crippen LogP contribution < -0.4 is 5.32 Å². The van der Waals surface area contributed by atoms with E-state index >= 15 is 0 Å². The third-order valence-electron chi connectivity index (χ3n) is 2.77. The average molecular weight is 292 g/mol. The van der Waals surface area contributed by atoms with Crippen molar-refractivity contribution in [1.29, 1.82) is 0 Å². The Labute approximate surface area is 118 Å². The van der Waals surface area contributed by atoms with Gasteiger partial charge in [0, 0.05) is 5.69 Å². The third kappa shape index (κ3) is 3.19. The van der Waals surface area contributed by atoms with Crippen LogP contribution in [-0.4, -0.2) is 10.8 Å². The topological polar surface area (TPSA) is 72.2 Å². The molecule has 0 aliphatic rings. The number of hydrogen-bond donors (Lipinski definition) is 1. The van der Waals surface area contributed by atoms with Gasteiger partial charge in [0.2, 0.25) is 5.82 Å². The molecule has 21 heavy (non-hydrogen) atoms. The molecule has 1 N–H and O–H groups in total.